The van der Waals surface area contributed by atoms with Crippen LogP contribution < -0.4 is 0 Å². The van der Waals surface area contributed by atoms with Crippen molar-refractivity contribution in [1.29, 1.82) is 0 Å². The number of nitrogens with zero attached hydrogens (tertiary/aromatic N) is 2. The van der Waals surface area contributed by atoms with E-state index in [1.54, 1.807) is 0 Å². The van der Waals surface area contributed by atoms with Crippen molar-refractivity contribution >= 4 is 23.8 Å². The van der Waals surface area contributed by atoms with E-state index in [0.717, 1.165) is 37.6 Å². The normalized spacial score (nSPS) is 18.8. The Labute approximate surface area is 119 Å². The number of halogens is 1. The summed E-state index contributed by atoms with van der Waals surface area (Å²) in [6.45, 7) is 9.14. The molecule has 1 aromatic carbocycles. The van der Waals surface area contributed by atoms with Crippen molar-refractivity contribution in [2.24, 2.45) is 0 Å². The van der Waals surface area contributed by atoms with Gasteiger partial charge in [-0.2, -0.15) is 0 Å². The number of rotatable bonds is 5. The molecule has 0 saturated carbocycles. The van der Waals surface area contributed by atoms with Crippen LogP contribution in [0.4, 0.5) is 0 Å². The molecule has 1 aromatic rings. The van der Waals surface area contributed by atoms with Crippen LogP contribution in [-0.2, 0) is 17.9 Å². The molecule has 0 amide bonds. The second kappa shape index (κ2) is 7.36. The smallest absolute Gasteiger partial charge is 0.178 e. The predicted octanol–water partition coefficient (Wildman–Crippen LogP) is 2.29. The number of fused-ring (bicyclic) bond motifs is 1. The summed E-state index contributed by atoms with van der Waals surface area (Å²) in [6.07, 6.45) is 0. The lowest BCUT2D eigenvalue weighted by atomic mass is 10.2. The third kappa shape index (κ3) is 3.39. The van der Waals surface area contributed by atoms with Gasteiger partial charge >= 0.3 is 0 Å². The Balaban J connectivity index is 0.00000162. The number of benzene rings is 1. The lowest BCUT2D eigenvalue weighted by Crippen LogP contribution is -2.35. The van der Waals surface area contributed by atoms with E-state index < -0.39 is 11.4 Å². The molecular weight excluding hydrogens is 268 g/mol. The molecule has 0 fully saturated rings. The number of hydrogen-bond donors (Lipinski definition) is 0. The Morgan fingerprint density at radius 2 is 1.94 bits per heavy atom. The van der Waals surface area contributed by atoms with Gasteiger partial charge in [-0.25, -0.2) is 0 Å². The molecule has 18 heavy (non-hydrogen) atoms. The van der Waals surface area contributed by atoms with Gasteiger partial charge in [-0.15, -0.1) is 16.7 Å². The Bertz CT molecular complexity index is 374. The molecule has 0 aromatic heterocycles. The first-order valence-electron chi connectivity index (χ1n) is 6.23. The standard InChI is InChI=1S/C13H20N2OS.ClH/c1-3-14(4-2)9-10-15-11-12-7-5-6-8-13(12)17(15)16;/h5-8H,3-4,9-11H2,1-2H3;1H. The molecule has 0 N–H and O–H groups in total. The molecule has 1 aliphatic heterocycles. The largest absolute Gasteiger partial charge is 0.593 e. The Morgan fingerprint density at radius 1 is 1.28 bits per heavy atom. The molecule has 0 saturated heterocycles. The zero-order valence-corrected chi connectivity index (χ0v) is 12.6. The second-order valence-corrected chi connectivity index (χ2v) is 5.70. The van der Waals surface area contributed by atoms with E-state index in [2.05, 4.69) is 29.1 Å². The second-order valence-electron chi connectivity index (χ2n) is 4.25. The molecule has 1 atom stereocenters. The summed E-state index contributed by atoms with van der Waals surface area (Å²) in [5.74, 6) is 0. The highest BCUT2D eigenvalue weighted by molar-refractivity contribution is 7.89. The van der Waals surface area contributed by atoms with Crippen LogP contribution in [0.2, 0.25) is 0 Å². The first-order valence-corrected chi connectivity index (χ1v) is 7.34. The molecule has 102 valence electrons. The molecule has 2 rings (SSSR count). The van der Waals surface area contributed by atoms with Crippen LogP contribution >= 0.6 is 12.4 Å². The van der Waals surface area contributed by atoms with E-state index in [0.29, 0.717) is 0 Å². The molecule has 5 heteroatoms. The van der Waals surface area contributed by atoms with Crippen molar-refractivity contribution in [3.8, 4) is 0 Å². The summed E-state index contributed by atoms with van der Waals surface area (Å²) in [4.78, 5) is 3.35. The number of likely N-dealkylation sites (N-methyl/N-ethyl adjacent to an activating group) is 1. The van der Waals surface area contributed by atoms with Crippen molar-refractivity contribution in [1.82, 2.24) is 9.21 Å². The molecule has 3 nitrogen and oxygen atoms in total. The highest BCUT2D eigenvalue weighted by Gasteiger charge is 2.33. The van der Waals surface area contributed by atoms with Crippen LogP contribution in [0, 0.1) is 0 Å². The summed E-state index contributed by atoms with van der Waals surface area (Å²) < 4.78 is 14.3. The summed E-state index contributed by atoms with van der Waals surface area (Å²) in [5.41, 5.74) is 1.21. The van der Waals surface area contributed by atoms with Crippen LogP contribution in [0.25, 0.3) is 0 Å². The van der Waals surface area contributed by atoms with Gasteiger partial charge in [0.15, 0.2) is 4.90 Å². The number of hydrogen-bond acceptors (Lipinski definition) is 3. The third-order valence-electron chi connectivity index (χ3n) is 3.30. The summed E-state index contributed by atoms with van der Waals surface area (Å²) in [7, 11) is 0. The molecule has 1 aliphatic rings. The van der Waals surface area contributed by atoms with Gasteiger partial charge in [-0.1, -0.05) is 32.0 Å². The van der Waals surface area contributed by atoms with Gasteiger partial charge in [0.2, 0.25) is 0 Å². The maximum Gasteiger partial charge on any atom is 0.178 e. The minimum atomic E-state index is -0.949. The van der Waals surface area contributed by atoms with Gasteiger partial charge in [0.05, 0.1) is 24.5 Å². The lowest BCUT2D eigenvalue weighted by molar-refractivity contribution is 0.272. The fraction of sp³-hybridized carbons (Fsp3) is 0.538. The van der Waals surface area contributed by atoms with Crippen molar-refractivity contribution in [3.63, 3.8) is 0 Å². The average Bonchev–Trinajstić information content (AvgIpc) is 2.68. The molecule has 1 unspecified atom stereocenters. The first-order chi connectivity index (χ1) is 8.26. The van der Waals surface area contributed by atoms with Crippen molar-refractivity contribution < 1.29 is 4.55 Å². The average molecular weight is 289 g/mol. The van der Waals surface area contributed by atoms with Crippen molar-refractivity contribution in [2.45, 2.75) is 25.3 Å². The van der Waals surface area contributed by atoms with Gasteiger partial charge in [-0.05, 0) is 19.2 Å². The Kier molecular flexibility index (Phi) is 6.46. The fourth-order valence-electron chi connectivity index (χ4n) is 2.15. The monoisotopic (exact) mass is 288 g/mol. The molecule has 0 aliphatic carbocycles. The van der Waals surface area contributed by atoms with E-state index in [9.17, 15) is 4.55 Å². The third-order valence-corrected chi connectivity index (χ3v) is 4.86. The molecule has 0 bridgehead atoms. The van der Waals surface area contributed by atoms with E-state index in [1.165, 1.54) is 5.56 Å². The maximum absolute atomic E-state index is 12.2. The minimum Gasteiger partial charge on any atom is -0.593 e. The van der Waals surface area contributed by atoms with E-state index in [1.807, 2.05) is 18.2 Å². The van der Waals surface area contributed by atoms with E-state index in [-0.39, 0.29) is 12.4 Å². The van der Waals surface area contributed by atoms with Crippen molar-refractivity contribution in [3.05, 3.63) is 29.8 Å². The SMILES string of the molecule is CCN(CC)CCN1Cc2ccccc2[S+]1[O-].Cl. The van der Waals surface area contributed by atoms with Crippen LogP contribution in [-0.4, -0.2) is 39.9 Å². The summed E-state index contributed by atoms with van der Waals surface area (Å²) in [6, 6.07) is 8.03. The minimum absolute atomic E-state index is 0. The van der Waals surface area contributed by atoms with E-state index in [4.69, 9.17) is 0 Å². The first kappa shape index (κ1) is 15.8. The maximum atomic E-state index is 12.2. The van der Waals surface area contributed by atoms with Gasteiger partial charge in [0.1, 0.15) is 0 Å². The summed E-state index contributed by atoms with van der Waals surface area (Å²) in [5, 5.41) is 0. The molecule has 0 radical (unpaired) electrons. The van der Waals surface area contributed by atoms with Gasteiger partial charge in [0, 0.05) is 12.1 Å². The van der Waals surface area contributed by atoms with Crippen LogP contribution in [0.5, 0.6) is 0 Å². The fourth-order valence-corrected chi connectivity index (χ4v) is 3.48. The quantitative estimate of drug-likeness (QED) is 0.779. The van der Waals surface area contributed by atoms with Gasteiger partial charge in [0.25, 0.3) is 0 Å². The van der Waals surface area contributed by atoms with Crippen molar-refractivity contribution in [2.75, 3.05) is 26.2 Å². The Morgan fingerprint density at radius 3 is 2.56 bits per heavy atom. The highest BCUT2D eigenvalue weighted by Crippen LogP contribution is 2.29. The van der Waals surface area contributed by atoms with E-state index >= 15 is 0 Å². The van der Waals surface area contributed by atoms with Gasteiger partial charge in [-0.3, -0.25) is 0 Å². The summed E-state index contributed by atoms with van der Waals surface area (Å²) >= 11 is -0.949. The van der Waals surface area contributed by atoms with Crippen LogP contribution in [0.15, 0.2) is 29.2 Å². The highest BCUT2D eigenvalue weighted by atomic mass is 35.5. The predicted molar refractivity (Wildman–Crippen MR) is 78.3 cm³/mol. The Hall–Kier alpha value is -0.260. The molecular formula is C13H21ClN2OS. The van der Waals surface area contributed by atoms with Gasteiger partial charge < -0.3 is 9.45 Å². The van der Waals surface area contributed by atoms with Crippen LogP contribution in [0.1, 0.15) is 19.4 Å². The molecule has 0 spiro atoms. The zero-order valence-electron chi connectivity index (χ0n) is 11.0. The zero-order chi connectivity index (χ0) is 12.3. The lowest BCUT2D eigenvalue weighted by Gasteiger charge is -2.22. The molecule has 1 heterocycles. The van der Waals surface area contributed by atoms with Crippen LogP contribution in [0.3, 0.4) is 0 Å². The topological polar surface area (TPSA) is 29.5 Å².